The summed E-state index contributed by atoms with van der Waals surface area (Å²) in [6.07, 6.45) is 14.0. The van der Waals surface area contributed by atoms with Crippen LogP contribution in [0.4, 0.5) is 17.3 Å². The molecule has 1 fully saturated rings. The number of rotatable bonds is 10. The largest absolute Gasteiger partial charge is 0.382 e. The molecule has 0 bridgehead atoms. The van der Waals surface area contributed by atoms with Gasteiger partial charge in [0.2, 0.25) is 0 Å². The standard InChI is InChI=1S/C26H34N6O2S2/c1-5-7-15-35-23-22(19(3)10-8-9-16-36(4)33)30-25(31-26(23)32-11-13-34-14-12-32)20-17-21(28-6-2)24(27)29-18-20/h6-10,15,17-18H,5,11-14,16H2,1-4H3,(H2,27,29)/b9-8+,15-7-,19-10+,28-6?. The van der Waals surface area contributed by atoms with Crippen molar-refractivity contribution in [3.63, 3.8) is 0 Å². The summed E-state index contributed by atoms with van der Waals surface area (Å²) < 4.78 is 17.0. The van der Waals surface area contributed by atoms with E-state index in [0.29, 0.717) is 36.3 Å². The van der Waals surface area contributed by atoms with Crippen LogP contribution >= 0.6 is 11.8 Å². The highest BCUT2D eigenvalue weighted by Gasteiger charge is 2.23. The van der Waals surface area contributed by atoms with Crippen LogP contribution in [-0.2, 0) is 15.5 Å². The molecule has 36 heavy (non-hydrogen) atoms. The van der Waals surface area contributed by atoms with E-state index in [9.17, 15) is 4.21 Å². The summed E-state index contributed by atoms with van der Waals surface area (Å²) in [5, 5.41) is 2.09. The Labute approximate surface area is 220 Å². The summed E-state index contributed by atoms with van der Waals surface area (Å²) in [5.74, 6) is 2.29. The Morgan fingerprint density at radius 3 is 2.78 bits per heavy atom. The van der Waals surface area contributed by atoms with E-state index in [2.05, 4.69) is 33.3 Å². The molecular weight excluding hydrogens is 492 g/mol. The summed E-state index contributed by atoms with van der Waals surface area (Å²) in [4.78, 5) is 21.9. The van der Waals surface area contributed by atoms with Crippen molar-refractivity contribution in [3.8, 4) is 11.4 Å². The van der Waals surface area contributed by atoms with Gasteiger partial charge in [0, 0.05) is 53.9 Å². The SMILES string of the molecule is CC=Nc1cc(-c2nc(/C(C)=C/C=C/CS(C)=O)c(S/C=C\CC)c(N3CCOCC3)n2)cnc1N. The van der Waals surface area contributed by atoms with E-state index in [-0.39, 0.29) is 0 Å². The molecule has 1 aliphatic heterocycles. The molecule has 1 saturated heterocycles. The maximum Gasteiger partial charge on any atom is 0.163 e. The second kappa shape index (κ2) is 14.1. The fraction of sp³-hybridized carbons (Fsp3) is 0.385. The van der Waals surface area contributed by atoms with Gasteiger partial charge in [-0.05, 0) is 37.3 Å². The average molecular weight is 527 g/mol. The molecule has 0 aromatic carbocycles. The predicted octanol–water partition coefficient (Wildman–Crippen LogP) is 5.03. The number of aromatic nitrogens is 3. The van der Waals surface area contributed by atoms with Crippen LogP contribution in [0.2, 0.25) is 0 Å². The number of hydrogen-bond donors (Lipinski definition) is 1. The van der Waals surface area contributed by atoms with Gasteiger partial charge in [-0.1, -0.05) is 43.0 Å². The maximum absolute atomic E-state index is 11.4. The number of ether oxygens (including phenoxy) is 1. The van der Waals surface area contributed by atoms with Crippen LogP contribution in [0.5, 0.6) is 0 Å². The lowest BCUT2D eigenvalue weighted by Crippen LogP contribution is -2.37. The first-order valence-corrected chi connectivity index (χ1v) is 14.5. The van der Waals surface area contributed by atoms with Crippen LogP contribution in [0.3, 0.4) is 0 Å². The molecule has 3 rings (SSSR count). The zero-order valence-corrected chi connectivity index (χ0v) is 22.9. The minimum Gasteiger partial charge on any atom is -0.382 e. The monoisotopic (exact) mass is 526 g/mol. The Morgan fingerprint density at radius 2 is 2.08 bits per heavy atom. The van der Waals surface area contributed by atoms with Crippen molar-refractivity contribution in [2.24, 2.45) is 4.99 Å². The third-order valence-electron chi connectivity index (χ3n) is 5.29. The molecule has 3 heterocycles. The van der Waals surface area contributed by atoms with Crippen molar-refractivity contribution >= 4 is 51.7 Å². The molecule has 1 aliphatic rings. The highest BCUT2D eigenvalue weighted by atomic mass is 32.2. The first-order chi connectivity index (χ1) is 17.4. The number of morpholine rings is 1. The molecule has 2 aromatic heterocycles. The molecular formula is C26H34N6O2S2. The third kappa shape index (κ3) is 7.59. The Kier molecular flexibility index (Phi) is 10.8. The number of allylic oxidation sites excluding steroid dienone is 4. The van der Waals surface area contributed by atoms with Crippen molar-refractivity contribution in [2.75, 3.05) is 48.9 Å². The zero-order valence-electron chi connectivity index (χ0n) is 21.3. The number of nitrogen functional groups attached to an aromatic ring is 1. The van der Waals surface area contributed by atoms with Crippen molar-refractivity contribution in [2.45, 2.75) is 32.1 Å². The molecule has 1 unspecified atom stereocenters. The van der Waals surface area contributed by atoms with Gasteiger partial charge in [-0.3, -0.25) is 9.20 Å². The van der Waals surface area contributed by atoms with Gasteiger partial charge in [0.25, 0.3) is 0 Å². The first-order valence-electron chi connectivity index (χ1n) is 11.9. The fourth-order valence-electron chi connectivity index (χ4n) is 3.46. The van der Waals surface area contributed by atoms with E-state index in [1.807, 2.05) is 38.1 Å². The first kappa shape index (κ1) is 27.8. The van der Waals surface area contributed by atoms with Gasteiger partial charge < -0.3 is 15.4 Å². The van der Waals surface area contributed by atoms with Crippen molar-refractivity contribution in [1.29, 1.82) is 0 Å². The average Bonchev–Trinajstić information content (AvgIpc) is 2.88. The topological polar surface area (TPSA) is 107 Å². The minimum absolute atomic E-state index is 0.358. The number of nitrogens with zero attached hydrogens (tertiary/aromatic N) is 5. The Hall–Kier alpha value is -2.82. The van der Waals surface area contributed by atoms with Crippen LogP contribution < -0.4 is 10.6 Å². The smallest absolute Gasteiger partial charge is 0.163 e. The lowest BCUT2D eigenvalue weighted by atomic mass is 10.1. The van der Waals surface area contributed by atoms with Crippen LogP contribution in [0.25, 0.3) is 17.0 Å². The van der Waals surface area contributed by atoms with Gasteiger partial charge in [0.05, 0.1) is 23.8 Å². The van der Waals surface area contributed by atoms with Gasteiger partial charge in [0.15, 0.2) is 5.82 Å². The number of thioether (sulfide) groups is 1. The lowest BCUT2D eigenvalue weighted by molar-refractivity contribution is 0.122. The maximum atomic E-state index is 11.4. The highest BCUT2D eigenvalue weighted by molar-refractivity contribution is 8.02. The van der Waals surface area contributed by atoms with E-state index >= 15 is 0 Å². The Bertz CT molecular complexity index is 1190. The second-order valence-corrected chi connectivity index (χ2v) is 10.5. The second-order valence-electron chi connectivity index (χ2n) is 8.08. The molecule has 0 spiro atoms. The molecule has 2 aromatic rings. The van der Waals surface area contributed by atoms with E-state index < -0.39 is 10.8 Å². The number of aliphatic imine (C=N–C) groups is 1. The molecule has 0 saturated carbocycles. The summed E-state index contributed by atoms with van der Waals surface area (Å²) >= 11 is 1.62. The normalized spacial score (nSPS) is 16.0. The van der Waals surface area contributed by atoms with E-state index in [0.717, 1.165) is 47.1 Å². The fourth-order valence-corrected chi connectivity index (χ4v) is 4.86. The Morgan fingerprint density at radius 1 is 1.31 bits per heavy atom. The summed E-state index contributed by atoms with van der Waals surface area (Å²) in [6.45, 7) is 8.77. The van der Waals surface area contributed by atoms with Gasteiger partial charge >= 0.3 is 0 Å². The van der Waals surface area contributed by atoms with Gasteiger partial charge in [-0.15, -0.1) is 0 Å². The summed E-state index contributed by atoms with van der Waals surface area (Å²) in [6, 6.07) is 1.86. The van der Waals surface area contributed by atoms with E-state index in [4.69, 9.17) is 20.4 Å². The number of nitrogens with two attached hydrogens (primary N) is 1. The van der Waals surface area contributed by atoms with E-state index in [1.54, 1.807) is 30.4 Å². The summed E-state index contributed by atoms with van der Waals surface area (Å²) in [5.41, 5.74) is 9.17. The van der Waals surface area contributed by atoms with Crippen molar-refractivity contribution in [3.05, 3.63) is 47.7 Å². The van der Waals surface area contributed by atoms with Gasteiger partial charge in [-0.2, -0.15) is 0 Å². The van der Waals surface area contributed by atoms with Crippen molar-refractivity contribution < 1.29 is 8.95 Å². The Balaban J connectivity index is 2.20. The van der Waals surface area contributed by atoms with Crippen LogP contribution in [0, 0.1) is 0 Å². The molecule has 0 amide bonds. The van der Waals surface area contributed by atoms with Crippen molar-refractivity contribution in [1.82, 2.24) is 15.0 Å². The molecule has 1 atom stereocenters. The molecule has 2 N–H and O–H groups in total. The molecule has 0 aliphatic carbocycles. The van der Waals surface area contributed by atoms with Gasteiger partial charge in [0.1, 0.15) is 17.3 Å². The summed E-state index contributed by atoms with van der Waals surface area (Å²) in [7, 11) is -0.878. The number of hydrogen-bond acceptors (Lipinski definition) is 9. The number of anilines is 2. The minimum atomic E-state index is -0.878. The van der Waals surface area contributed by atoms with E-state index in [1.165, 1.54) is 0 Å². The lowest BCUT2D eigenvalue weighted by Gasteiger charge is -2.30. The molecule has 8 nitrogen and oxygen atoms in total. The van der Waals surface area contributed by atoms with Crippen LogP contribution in [0.1, 0.15) is 32.9 Å². The third-order valence-corrected chi connectivity index (χ3v) is 6.89. The van der Waals surface area contributed by atoms with Crippen LogP contribution in [0.15, 0.2) is 51.9 Å². The number of pyridine rings is 1. The quantitative estimate of drug-likeness (QED) is 0.261. The van der Waals surface area contributed by atoms with Crippen LogP contribution in [-0.4, -0.2) is 63.7 Å². The molecule has 192 valence electrons. The molecule has 0 radical (unpaired) electrons. The zero-order chi connectivity index (χ0) is 25.9. The van der Waals surface area contributed by atoms with Gasteiger partial charge in [-0.25, -0.2) is 15.0 Å². The predicted molar refractivity (Wildman–Crippen MR) is 154 cm³/mol. The highest BCUT2D eigenvalue weighted by Crippen LogP contribution is 2.38. The molecule has 10 heteroatoms.